The molecule has 2 aromatic rings. The molecule has 0 fully saturated rings. The molecule has 0 unspecified atom stereocenters. The SMILES string of the molecule is Nc1n[nH]c(C(=O)NN=Cc2cccc([N+](=O)[O-])c2)n1. The molecule has 1 aromatic heterocycles. The molecule has 102 valence electrons. The van der Waals surface area contributed by atoms with E-state index in [2.05, 4.69) is 25.7 Å². The Hall–Kier alpha value is -3.30. The average molecular weight is 275 g/mol. The van der Waals surface area contributed by atoms with Gasteiger partial charge in [0.05, 0.1) is 11.1 Å². The van der Waals surface area contributed by atoms with Gasteiger partial charge in [-0.15, -0.1) is 5.10 Å². The summed E-state index contributed by atoms with van der Waals surface area (Å²) < 4.78 is 0. The summed E-state index contributed by atoms with van der Waals surface area (Å²) in [6.45, 7) is 0. The van der Waals surface area contributed by atoms with Crippen molar-refractivity contribution in [3.05, 3.63) is 45.8 Å². The van der Waals surface area contributed by atoms with E-state index in [9.17, 15) is 14.9 Å². The molecular formula is C10H9N7O3. The zero-order valence-electron chi connectivity index (χ0n) is 9.98. The Bertz CT molecular complexity index is 679. The Morgan fingerprint density at radius 3 is 3.00 bits per heavy atom. The maximum Gasteiger partial charge on any atom is 0.308 e. The number of non-ortho nitro benzene ring substituents is 1. The van der Waals surface area contributed by atoms with Crippen molar-refractivity contribution in [2.75, 3.05) is 5.73 Å². The molecule has 0 aliphatic rings. The highest BCUT2D eigenvalue weighted by Gasteiger charge is 2.09. The van der Waals surface area contributed by atoms with E-state index in [0.717, 1.165) is 0 Å². The van der Waals surface area contributed by atoms with Gasteiger partial charge in [-0.05, 0) is 0 Å². The van der Waals surface area contributed by atoms with Crippen LogP contribution < -0.4 is 11.2 Å². The first-order chi connectivity index (χ1) is 9.56. The lowest BCUT2D eigenvalue weighted by Crippen LogP contribution is -2.19. The molecule has 0 saturated heterocycles. The van der Waals surface area contributed by atoms with Crippen molar-refractivity contribution in [1.29, 1.82) is 0 Å². The second-order valence-electron chi connectivity index (χ2n) is 3.59. The first-order valence-corrected chi connectivity index (χ1v) is 5.32. The highest BCUT2D eigenvalue weighted by atomic mass is 16.6. The van der Waals surface area contributed by atoms with Crippen molar-refractivity contribution < 1.29 is 9.72 Å². The summed E-state index contributed by atoms with van der Waals surface area (Å²) in [5, 5.41) is 20.0. The lowest BCUT2D eigenvalue weighted by atomic mass is 10.2. The van der Waals surface area contributed by atoms with Crippen LogP contribution in [0, 0.1) is 10.1 Å². The molecule has 4 N–H and O–H groups in total. The lowest BCUT2D eigenvalue weighted by Gasteiger charge is -1.95. The summed E-state index contributed by atoms with van der Waals surface area (Å²) in [5.41, 5.74) is 7.83. The number of hydrogen-bond acceptors (Lipinski definition) is 7. The third-order valence-electron chi connectivity index (χ3n) is 2.18. The van der Waals surface area contributed by atoms with Crippen LogP contribution in [-0.4, -0.2) is 32.2 Å². The largest absolute Gasteiger partial charge is 0.366 e. The van der Waals surface area contributed by atoms with Gasteiger partial charge in [-0.2, -0.15) is 10.1 Å². The summed E-state index contributed by atoms with van der Waals surface area (Å²) >= 11 is 0. The van der Waals surface area contributed by atoms with Gasteiger partial charge in [-0.1, -0.05) is 12.1 Å². The topological polar surface area (TPSA) is 152 Å². The quantitative estimate of drug-likeness (QED) is 0.407. The first kappa shape index (κ1) is 13.1. The Kier molecular flexibility index (Phi) is 3.65. The number of aromatic nitrogens is 3. The molecule has 0 saturated carbocycles. The average Bonchev–Trinajstić information content (AvgIpc) is 2.86. The third-order valence-corrected chi connectivity index (χ3v) is 2.18. The number of benzene rings is 1. The predicted molar refractivity (Wildman–Crippen MR) is 69.0 cm³/mol. The maximum absolute atomic E-state index is 11.5. The number of H-pyrrole nitrogens is 1. The van der Waals surface area contributed by atoms with Gasteiger partial charge in [0.1, 0.15) is 0 Å². The number of anilines is 1. The summed E-state index contributed by atoms with van der Waals surface area (Å²) in [4.78, 5) is 25.2. The molecule has 10 nitrogen and oxygen atoms in total. The van der Waals surface area contributed by atoms with Crippen LogP contribution in [0.2, 0.25) is 0 Å². The second-order valence-corrected chi connectivity index (χ2v) is 3.59. The number of nitrogens with one attached hydrogen (secondary N) is 2. The fourth-order valence-corrected chi connectivity index (χ4v) is 1.31. The molecular weight excluding hydrogens is 266 g/mol. The normalized spacial score (nSPS) is 10.6. The number of nitro groups is 1. The van der Waals surface area contributed by atoms with Crippen molar-refractivity contribution in [3.8, 4) is 0 Å². The molecule has 0 bridgehead atoms. The standard InChI is InChI=1S/C10H9N7O3/c11-10-13-8(14-16-10)9(18)15-12-5-6-2-1-3-7(4-6)17(19)20/h1-5H,(H,15,18)(H3,11,13,14,16). The number of carbonyl (C=O) groups excluding carboxylic acids is 1. The number of nitrogens with zero attached hydrogens (tertiary/aromatic N) is 4. The molecule has 20 heavy (non-hydrogen) atoms. The van der Waals surface area contributed by atoms with Crippen LogP contribution in [0.4, 0.5) is 11.6 Å². The Labute approximate surface area is 111 Å². The van der Waals surface area contributed by atoms with E-state index in [1.807, 2.05) is 0 Å². The molecule has 0 spiro atoms. The van der Waals surface area contributed by atoms with E-state index in [1.165, 1.54) is 24.4 Å². The van der Waals surface area contributed by atoms with Crippen molar-refractivity contribution in [2.45, 2.75) is 0 Å². The maximum atomic E-state index is 11.5. The van der Waals surface area contributed by atoms with E-state index >= 15 is 0 Å². The van der Waals surface area contributed by atoms with E-state index < -0.39 is 10.8 Å². The van der Waals surface area contributed by atoms with Crippen LogP contribution in [0.3, 0.4) is 0 Å². The van der Waals surface area contributed by atoms with Gasteiger partial charge < -0.3 is 5.73 Å². The number of aromatic amines is 1. The van der Waals surface area contributed by atoms with Crippen LogP contribution in [0.5, 0.6) is 0 Å². The first-order valence-electron chi connectivity index (χ1n) is 5.32. The molecule has 0 atom stereocenters. The van der Waals surface area contributed by atoms with Crippen LogP contribution in [-0.2, 0) is 0 Å². The summed E-state index contributed by atoms with van der Waals surface area (Å²) in [5.74, 6) is -0.771. The summed E-state index contributed by atoms with van der Waals surface area (Å²) in [6, 6.07) is 5.79. The molecule has 10 heteroatoms. The minimum atomic E-state index is -0.629. The van der Waals surface area contributed by atoms with Crippen LogP contribution in [0.1, 0.15) is 16.2 Å². The summed E-state index contributed by atoms with van der Waals surface area (Å²) in [7, 11) is 0. The minimum Gasteiger partial charge on any atom is -0.366 e. The Morgan fingerprint density at radius 1 is 1.55 bits per heavy atom. The minimum absolute atomic E-state index is 0.0576. The number of carbonyl (C=O) groups is 1. The van der Waals surface area contributed by atoms with Crippen LogP contribution in [0.15, 0.2) is 29.4 Å². The van der Waals surface area contributed by atoms with E-state index in [1.54, 1.807) is 6.07 Å². The van der Waals surface area contributed by atoms with Crippen LogP contribution in [0.25, 0.3) is 0 Å². The molecule has 1 amide bonds. The van der Waals surface area contributed by atoms with Crippen molar-refractivity contribution in [2.24, 2.45) is 5.10 Å². The van der Waals surface area contributed by atoms with E-state index in [0.29, 0.717) is 5.56 Å². The highest BCUT2D eigenvalue weighted by molar-refractivity contribution is 5.91. The molecule has 0 aliphatic heterocycles. The van der Waals surface area contributed by atoms with Crippen LogP contribution >= 0.6 is 0 Å². The number of amides is 1. The monoisotopic (exact) mass is 275 g/mol. The Morgan fingerprint density at radius 2 is 2.35 bits per heavy atom. The van der Waals surface area contributed by atoms with Crippen molar-refractivity contribution in [1.82, 2.24) is 20.6 Å². The molecule has 1 heterocycles. The fourth-order valence-electron chi connectivity index (χ4n) is 1.31. The number of hydrogen-bond donors (Lipinski definition) is 3. The number of hydrazone groups is 1. The van der Waals surface area contributed by atoms with E-state index in [-0.39, 0.29) is 17.5 Å². The second kappa shape index (κ2) is 5.56. The number of nitrogens with two attached hydrogens (primary N) is 1. The summed E-state index contributed by atoms with van der Waals surface area (Å²) in [6.07, 6.45) is 1.27. The van der Waals surface area contributed by atoms with Gasteiger partial charge in [0.15, 0.2) is 0 Å². The van der Waals surface area contributed by atoms with Gasteiger partial charge in [0.2, 0.25) is 11.8 Å². The Balaban J connectivity index is 2.01. The zero-order chi connectivity index (χ0) is 14.5. The highest BCUT2D eigenvalue weighted by Crippen LogP contribution is 2.11. The van der Waals surface area contributed by atoms with Crippen molar-refractivity contribution in [3.63, 3.8) is 0 Å². The fraction of sp³-hybridized carbons (Fsp3) is 0. The van der Waals surface area contributed by atoms with Gasteiger partial charge in [-0.25, -0.2) is 5.43 Å². The van der Waals surface area contributed by atoms with Crippen molar-refractivity contribution >= 4 is 23.8 Å². The van der Waals surface area contributed by atoms with Gasteiger partial charge in [0, 0.05) is 17.7 Å². The van der Waals surface area contributed by atoms with Gasteiger partial charge >= 0.3 is 5.91 Å². The third kappa shape index (κ3) is 3.13. The van der Waals surface area contributed by atoms with Gasteiger partial charge in [0.25, 0.3) is 5.69 Å². The number of nitro benzene ring substituents is 1. The smallest absolute Gasteiger partial charge is 0.308 e. The zero-order valence-corrected chi connectivity index (χ0v) is 9.98. The lowest BCUT2D eigenvalue weighted by molar-refractivity contribution is -0.384. The van der Waals surface area contributed by atoms with E-state index in [4.69, 9.17) is 5.73 Å². The molecule has 0 aliphatic carbocycles. The van der Waals surface area contributed by atoms with Gasteiger partial charge in [-0.3, -0.25) is 20.0 Å². The number of rotatable bonds is 4. The number of nitrogen functional groups attached to an aromatic ring is 1. The molecule has 2 rings (SSSR count). The molecule has 1 aromatic carbocycles. The molecule has 0 radical (unpaired) electrons. The predicted octanol–water partition coefficient (Wildman–Crippen LogP) is 0.0590.